The molecular formula is C17H20FN5O3. The number of amides is 1. The zero-order valence-electron chi connectivity index (χ0n) is 14.8. The summed E-state index contributed by atoms with van der Waals surface area (Å²) in [7, 11) is 0. The van der Waals surface area contributed by atoms with Gasteiger partial charge in [-0.2, -0.15) is 0 Å². The number of carbonyl (C=O) groups excluding carboxylic acids is 1. The molecule has 0 fully saturated rings. The lowest BCUT2D eigenvalue weighted by molar-refractivity contribution is -0.123. The smallest absolute Gasteiger partial charge is 0.333 e. The zero-order valence-corrected chi connectivity index (χ0v) is 14.8. The molecule has 2 aromatic rings. The maximum Gasteiger partial charge on any atom is 0.333 e. The summed E-state index contributed by atoms with van der Waals surface area (Å²) < 4.78 is 15.3. The van der Waals surface area contributed by atoms with E-state index in [1.165, 1.54) is 16.7 Å². The second kappa shape index (κ2) is 6.40. The van der Waals surface area contributed by atoms with E-state index in [9.17, 15) is 18.8 Å². The molecule has 138 valence electrons. The summed E-state index contributed by atoms with van der Waals surface area (Å²) in [5.41, 5.74) is -1.40. The minimum atomic E-state index is -0.848. The highest BCUT2D eigenvalue weighted by atomic mass is 19.1. The van der Waals surface area contributed by atoms with Gasteiger partial charge in [0.15, 0.2) is 0 Å². The fourth-order valence-corrected chi connectivity index (χ4v) is 2.79. The van der Waals surface area contributed by atoms with Crippen molar-refractivity contribution in [3.05, 3.63) is 50.8 Å². The van der Waals surface area contributed by atoms with Crippen LogP contribution in [0.1, 0.15) is 20.8 Å². The summed E-state index contributed by atoms with van der Waals surface area (Å²) >= 11 is 0. The van der Waals surface area contributed by atoms with Crippen molar-refractivity contribution in [2.75, 3.05) is 11.4 Å². The summed E-state index contributed by atoms with van der Waals surface area (Å²) in [5.74, 6) is -0.533. The number of fused-ring (bicyclic) bond motifs is 1. The normalized spacial score (nSPS) is 13.6. The van der Waals surface area contributed by atoms with Gasteiger partial charge in [0.2, 0.25) is 11.9 Å². The minimum absolute atomic E-state index is 0.254. The summed E-state index contributed by atoms with van der Waals surface area (Å²) in [5, 5.41) is 6.93. The molecule has 1 aliphatic heterocycles. The van der Waals surface area contributed by atoms with Crippen molar-refractivity contribution in [3.63, 3.8) is 0 Å². The van der Waals surface area contributed by atoms with Crippen LogP contribution in [0, 0.1) is 5.82 Å². The Bertz CT molecular complexity index is 956. The third kappa shape index (κ3) is 3.51. The Hall–Kier alpha value is -2.97. The molecule has 26 heavy (non-hydrogen) atoms. The lowest BCUT2D eigenvalue weighted by atomic mass is 10.1. The van der Waals surface area contributed by atoms with Crippen LogP contribution in [0.3, 0.4) is 0 Å². The predicted octanol–water partition coefficient (Wildman–Crippen LogP) is 0.610. The second-order valence-electron chi connectivity index (χ2n) is 7.15. The molecule has 0 saturated heterocycles. The van der Waals surface area contributed by atoms with Crippen molar-refractivity contribution in [1.82, 2.24) is 19.7 Å². The van der Waals surface area contributed by atoms with E-state index in [2.05, 4.69) is 10.4 Å². The lowest BCUT2D eigenvalue weighted by Crippen LogP contribution is -2.47. The van der Waals surface area contributed by atoms with Crippen LogP contribution in [-0.4, -0.2) is 32.3 Å². The third-order valence-corrected chi connectivity index (χ3v) is 3.85. The van der Waals surface area contributed by atoms with Crippen LogP contribution in [0.25, 0.3) is 0 Å². The fraction of sp³-hybridized carbons (Fsp3) is 0.412. The first-order valence-electron chi connectivity index (χ1n) is 8.22. The van der Waals surface area contributed by atoms with E-state index in [0.717, 1.165) is 4.68 Å². The van der Waals surface area contributed by atoms with Crippen LogP contribution in [0.2, 0.25) is 0 Å². The molecule has 0 aliphatic carbocycles. The number of aromatic nitrogens is 3. The monoisotopic (exact) mass is 361 g/mol. The minimum Gasteiger partial charge on any atom is -0.350 e. The van der Waals surface area contributed by atoms with Gasteiger partial charge in [-0.05, 0) is 45.0 Å². The number of nitrogens with one attached hydrogen (secondary N) is 1. The molecule has 2 heterocycles. The highest BCUT2D eigenvalue weighted by molar-refractivity contribution is 5.76. The Morgan fingerprint density at radius 2 is 1.81 bits per heavy atom. The Morgan fingerprint density at radius 3 is 2.42 bits per heavy atom. The van der Waals surface area contributed by atoms with Gasteiger partial charge < -0.3 is 10.2 Å². The van der Waals surface area contributed by atoms with Gasteiger partial charge in [-0.1, -0.05) is 0 Å². The van der Waals surface area contributed by atoms with Crippen LogP contribution >= 0.6 is 0 Å². The van der Waals surface area contributed by atoms with Gasteiger partial charge in [-0.3, -0.25) is 19.0 Å². The molecular weight excluding hydrogens is 341 g/mol. The molecule has 0 bridgehead atoms. The molecule has 0 unspecified atom stereocenters. The lowest BCUT2D eigenvalue weighted by Gasteiger charge is -2.21. The van der Waals surface area contributed by atoms with Crippen molar-refractivity contribution >= 4 is 17.5 Å². The van der Waals surface area contributed by atoms with Crippen LogP contribution < -0.4 is 21.3 Å². The highest BCUT2D eigenvalue weighted by Gasteiger charge is 2.26. The molecule has 1 amide bonds. The SMILES string of the molecule is CC(C)(C)NC(=O)Cn1nc2n(c(=O)c1=O)CCN2c1ccc(F)cc1. The summed E-state index contributed by atoms with van der Waals surface area (Å²) in [6.07, 6.45) is 0. The van der Waals surface area contributed by atoms with Gasteiger partial charge in [-0.15, -0.1) is 5.10 Å². The van der Waals surface area contributed by atoms with E-state index >= 15 is 0 Å². The molecule has 1 aromatic heterocycles. The molecule has 1 N–H and O–H groups in total. The fourth-order valence-electron chi connectivity index (χ4n) is 2.79. The van der Waals surface area contributed by atoms with E-state index in [0.29, 0.717) is 18.8 Å². The first kappa shape index (κ1) is 17.8. The van der Waals surface area contributed by atoms with Gasteiger partial charge in [0, 0.05) is 24.3 Å². The van der Waals surface area contributed by atoms with Crippen LogP contribution in [-0.2, 0) is 17.9 Å². The molecule has 0 atom stereocenters. The number of benzene rings is 1. The largest absolute Gasteiger partial charge is 0.350 e. The summed E-state index contributed by atoms with van der Waals surface area (Å²) in [6, 6.07) is 5.75. The van der Waals surface area contributed by atoms with Gasteiger partial charge in [0.05, 0.1) is 0 Å². The van der Waals surface area contributed by atoms with Crippen molar-refractivity contribution < 1.29 is 9.18 Å². The number of hydrogen-bond donors (Lipinski definition) is 1. The molecule has 9 heteroatoms. The van der Waals surface area contributed by atoms with E-state index in [-0.39, 0.29) is 18.3 Å². The van der Waals surface area contributed by atoms with E-state index in [1.807, 2.05) is 20.8 Å². The molecule has 1 aliphatic rings. The van der Waals surface area contributed by atoms with Crippen LogP contribution in [0.4, 0.5) is 16.0 Å². The quantitative estimate of drug-likeness (QED) is 0.809. The Labute approximate surface area is 148 Å². The molecule has 0 spiro atoms. The van der Waals surface area contributed by atoms with Gasteiger partial charge in [-0.25, -0.2) is 9.07 Å². The third-order valence-electron chi connectivity index (χ3n) is 3.85. The number of carbonyl (C=O) groups is 1. The zero-order chi connectivity index (χ0) is 19.1. The first-order valence-corrected chi connectivity index (χ1v) is 8.22. The topological polar surface area (TPSA) is 89.2 Å². The Morgan fingerprint density at radius 1 is 1.15 bits per heavy atom. The summed E-state index contributed by atoms with van der Waals surface area (Å²) in [4.78, 5) is 38.4. The predicted molar refractivity (Wildman–Crippen MR) is 94.1 cm³/mol. The maximum atomic E-state index is 13.2. The molecule has 0 radical (unpaired) electrons. The standard InChI is InChI=1S/C17H20FN5O3/c1-17(2,3)19-13(24)10-23-15(26)14(25)22-9-8-21(16(22)20-23)12-6-4-11(18)5-7-12/h4-7H,8-10H2,1-3H3,(H,19,24). The highest BCUT2D eigenvalue weighted by Crippen LogP contribution is 2.26. The van der Waals surface area contributed by atoms with Crippen molar-refractivity contribution in [1.29, 1.82) is 0 Å². The Kier molecular flexibility index (Phi) is 4.39. The van der Waals surface area contributed by atoms with Gasteiger partial charge >= 0.3 is 11.1 Å². The van der Waals surface area contributed by atoms with Crippen molar-refractivity contribution in [2.45, 2.75) is 39.4 Å². The number of rotatable bonds is 3. The molecule has 0 saturated carbocycles. The maximum absolute atomic E-state index is 13.2. The van der Waals surface area contributed by atoms with Crippen LogP contribution in [0.15, 0.2) is 33.9 Å². The van der Waals surface area contributed by atoms with E-state index in [1.54, 1.807) is 17.0 Å². The average Bonchev–Trinajstić information content (AvgIpc) is 2.95. The Balaban J connectivity index is 1.97. The second-order valence-corrected chi connectivity index (χ2v) is 7.15. The van der Waals surface area contributed by atoms with Crippen molar-refractivity contribution in [2.24, 2.45) is 0 Å². The number of nitrogens with zero attached hydrogens (tertiary/aromatic N) is 4. The van der Waals surface area contributed by atoms with Gasteiger partial charge in [0.1, 0.15) is 12.4 Å². The van der Waals surface area contributed by atoms with Crippen molar-refractivity contribution in [3.8, 4) is 0 Å². The number of anilines is 2. The number of hydrogen-bond acceptors (Lipinski definition) is 5. The first-order chi connectivity index (χ1) is 12.2. The molecule has 3 rings (SSSR count). The summed E-state index contributed by atoms with van der Waals surface area (Å²) in [6.45, 7) is 5.81. The molecule has 1 aromatic carbocycles. The average molecular weight is 361 g/mol. The molecule has 8 nitrogen and oxygen atoms in total. The van der Waals surface area contributed by atoms with Crippen LogP contribution in [0.5, 0.6) is 0 Å². The van der Waals surface area contributed by atoms with Gasteiger partial charge in [0.25, 0.3) is 0 Å². The number of halogens is 1. The van der Waals surface area contributed by atoms with E-state index in [4.69, 9.17) is 0 Å². The van der Waals surface area contributed by atoms with E-state index < -0.39 is 22.6 Å².